The molecule has 1 aromatic rings. The lowest BCUT2D eigenvalue weighted by atomic mass is 9.68. The SMILES string of the molecule is CO[C@@H](C[C@@H](C)COCc1ccccc1)[C@]1(O)[C@@H](C)C(=O)N(C)[C@@]12COC2=O. The fourth-order valence-electron chi connectivity index (χ4n) is 4.46. The minimum atomic E-state index is -1.66. The number of carbonyl (C=O) groups is 2. The second-order valence-corrected chi connectivity index (χ2v) is 7.95. The third-order valence-electron chi connectivity index (χ3n) is 6.25. The highest BCUT2D eigenvalue weighted by Gasteiger charge is 2.77. The molecule has 5 atom stereocenters. The number of esters is 1. The van der Waals surface area contributed by atoms with E-state index in [2.05, 4.69) is 0 Å². The zero-order valence-corrected chi connectivity index (χ0v) is 16.9. The van der Waals surface area contributed by atoms with Crippen molar-refractivity contribution in [2.45, 2.75) is 44.1 Å². The van der Waals surface area contributed by atoms with Gasteiger partial charge in [0.15, 0.2) is 0 Å². The predicted octanol–water partition coefficient (Wildman–Crippen LogP) is 1.38. The number of amides is 1. The summed E-state index contributed by atoms with van der Waals surface area (Å²) in [6.07, 6.45) is -0.262. The van der Waals surface area contributed by atoms with Gasteiger partial charge in [0.05, 0.1) is 18.6 Å². The van der Waals surface area contributed by atoms with Crippen molar-refractivity contribution in [3.8, 4) is 0 Å². The van der Waals surface area contributed by atoms with E-state index in [4.69, 9.17) is 14.2 Å². The summed E-state index contributed by atoms with van der Waals surface area (Å²) in [7, 11) is 3.03. The Bertz CT molecular complexity index is 725. The molecule has 0 aromatic heterocycles. The molecule has 0 aliphatic carbocycles. The fourth-order valence-corrected chi connectivity index (χ4v) is 4.46. The van der Waals surface area contributed by atoms with Crippen molar-refractivity contribution in [2.24, 2.45) is 11.8 Å². The van der Waals surface area contributed by atoms with Crippen molar-refractivity contribution in [1.29, 1.82) is 0 Å². The van der Waals surface area contributed by atoms with Crippen LogP contribution >= 0.6 is 0 Å². The van der Waals surface area contributed by atoms with Crippen LogP contribution in [0.1, 0.15) is 25.8 Å². The molecule has 154 valence electrons. The number of rotatable bonds is 8. The number of hydrogen-bond acceptors (Lipinski definition) is 6. The van der Waals surface area contributed by atoms with Gasteiger partial charge in [-0.05, 0) is 17.9 Å². The van der Waals surface area contributed by atoms with Crippen molar-refractivity contribution in [1.82, 2.24) is 4.90 Å². The largest absolute Gasteiger partial charge is 0.460 e. The molecule has 7 nitrogen and oxygen atoms in total. The van der Waals surface area contributed by atoms with Gasteiger partial charge in [-0.1, -0.05) is 44.2 Å². The van der Waals surface area contributed by atoms with E-state index < -0.39 is 29.1 Å². The zero-order valence-electron chi connectivity index (χ0n) is 16.9. The van der Waals surface area contributed by atoms with E-state index >= 15 is 0 Å². The van der Waals surface area contributed by atoms with Gasteiger partial charge in [0, 0.05) is 20.8 Å². The molecular formula is C21H29NO6. The summed E-state index contributed by atoms with van der Waals surface area (Å²) in [5.74, 6) is -1.58. The van der Waals surface area contributed by atoms with Gasteiger partial charge in [-0.15, -0.1) is 0 Å². The van der Waals surface area contributed by atoms with Gasteiger partial charge in [0.2, 0.25) is 11.4 Å². The van der Waals surface area contributed by atoms with Crippen molar-refractivity contribution in [3.05, 3.63) is 35.9 Å². The normalized spacial score (nSPS) is 31.6. The molecule has 28 heavy (non-hydrogen) atoms. The molecule has 0 radical (unpaired) electrons. The summed E-state index contributed by atoms with van der Waals surface area (Å²) in [5.41, 5.74) is -1.95. The van der Waals surface area contributed by atoms with E-state index in [0.29, 0.717) is 19.6 Å². The third kappa shape index (κ3) is 3.02. The van der Waals surface area contributed by atoms with Gasteiger partial charge in [0.1, 0.15) is 12.2 Å². The Morgan fingerprint density at radius 1 is 1.32 bits per heavy atom. The van der Waals surface area contributed by atoms with Crippen LogP contribution in [0.4, 0.5) is 0 Å². The number of cyclic esters (lactones) is 1. The van der Waals surface area contributed by atoms with Gasteiger partial charge in [-0.2, -0.15) is 0 Å². The van der Waals surface area contributed by atoms with Gasteiger partial charge >= 0.3 is 5.97 Å². The quantitative estimate of drug-likeness (QED) is 0.674. The molecule has 0 unspecified atom stereocenters. The Morgan fingerprint density at radius 3 is 2.54 bits per heavy atom. The predicted molar refractivity (Wildman–Crippen MR) is 101 cm³/mol. The van der Waals surface area contributed by atoms with Crippen LogP contribution in [-0.2, 0) is 30.4 Å². The molecule has 2 fully saturated rings. The van der Waals surface area contributed by atoms with Gasteiger partial charge < -0.3 is 24.2 Å². The van der Waals surface area contributed by atoms with Gasteiger partial charge in [0.25, 0.3) is 0 Å². The Hall–Kier alpha value is -1.96. The second kappa shape index (κ2) is 7.81. The minimum Gasteiger partial charge on any atom is -0.460 e. The first-order valence-electron chi connectivity index (χ1n) is 9.60. The van der Waals surface area contributed by atoms with Crippen LogP contribution in [0.3, 0.4) is 0 Å². The summed E-state index contributed by atoms with van der Waals surface area (Å²) >= 11 is 0. The van der Waals surface area contributed by atoms with Crippen molar-refractivity contribution >= 4 is 11.9 Å². The maximum absolute atomic E-state index is 12.6. The van der Waals surface area contributed by atoms with Crippen LogP contribution in [0.2, 0.25) is 0 Å². The Balaban J connectivity index is 1.69. The summed E-state index contributed by atoms with van der Waals surface area (Å²) in [4.78, 5) is 26.3. The topological polar surface area (TPSA) is 85.3 Å². The summed E-state index contributed by atoms with van der Waals surface area (Å²) in [5, 5.41) is 11.6. The molecule has 2 aliphatic rings. The minimum absolute atomic E-state index is 0.0202. The molecule has 7 heteroatoms. The van der Waals surface area contributed by atoms with Crippen LogP contribution in [0.5, 0.6) is 0 Å². The first-order chi connectivity index (χ1) is 13.3. The summed E-state index contributed by atoms with van der Waals surface area (Å²) in [6, 6.07) is 9.88. The van der Waals surface area contributed by atoms with Crippen LogP contribution in [-0.4, -0.2) is 66.5 Å². The molecule has 3 rings (SSSR count). The standard InChI is InChI=1S/C21H29NO6/c1-14(11-27-12-16-8-6-5-7-9-16)10-17(26-4)21(25)15(2)18(23)22(3)20(21)13-28-19(20)24/h5-9,14-15,17,25H,10-13H2,1-4H3/t14-,15+,17+,20-,21-/m1/s1. The highest BCUT2D eigenvalue weighted by Crippen LogP contribution is 2.51. The Kier molecular flexibility index (Phi) is 5.79. The molecule has 1 N–H and O–H groups in total. The van der Waals surface area contributed by atoms with Crippen LogP contribution in [0.15, 0.2) is 30.3 Å². The number of likely N-dealkylation sites (tertiary alicyclic amines) is 1. The van der Waals surface area contributed by atoms with Gasteiger partial charge in [-0.25, -0.2) is 4.79 Å². The van der Waals surface area contributed by atoms with Crippen molar-refractivity contribution < 1.29 is 28.9 Å². The molecule has 2 heterocycles. The van der Waals surface area contributed by atoms with Crippen molar-refractivity contribution in [3.63, 3.8) is 0 Å². The maximum atomic E-state index is 12.6. The Morgan fingerprint density at radius 2 is 2.00 bits per heavy atom. The summed E-state index contributed by atoms with van der Waals surface area (Å²) < 4.78 is 16.4. The third-order valence-corrected chi connectivity index (χ3v) is 6.25. The van der Waals surface area contributed by atoms with E-state index in [9.17, 15) is 14.7 Å². The van der Waals surface area contributed by atoms with Gasteiger partial charge in [-0.3, -0.25) is 4.79 Å². The Labute approximate surface area is 165 Å². The smallest absolute Gasteiger partial charge is 0.338 e. The number of aliphatic hydroxyl groups is 1. The van der Waals surface area contributed by atoms with E-state index in [-0.39, 0.29) is 18.4 Å². The lowest BCUT2D eigenvalue weighted by Crippen LogP contribution is -2.76. The number of nitrogens with zero attached hydrogens (tertiary/aromatic N) is 1. The lowest BCUT2D eigenvalue weighted by molar-refractivity contribution is -0.235. The van der Waals surface area contributed by atoms with E-state index in [1.54, 1.807) is 6.92 Å². The zero-order chi connectivity index (χ0) is 20.5. The number of ether oxygens (including phenoxy) is 3. The van der Waals surface area contributed by atoms with E-state index in [0.717, 1.165) is 5.56 Å². The molecule has 1 amide bonds. The highest BCUT2D eigenvalue weighted by atomic mass is 16.6. The fraction of sp³-hybridized carbons (Fsp3) is 0.619. The second-order valence-electron chi connectivity index (χ2n) is 7.95. The van der Waals surface area contributed by atoms with E-state index in [1.807, 2.05) is 37.3 Å². The van der Waals surface area contributed by atoms with Crippen LogP contribution in [0.25, 0.3) is 0 Å². The first-order valence-corrected chi connectivity index (χ1v) is 9.60. The lowest BCUT2D eigenvalue weighted by Gasteiger charge is -2.51. The molecule has 0 bridgehead atoms. The van der Waals surface area contributed by atoms with Crippen LogP contribution < -0.4 is 0 Å². The molecule has 1 aromatic carbocycles. The number of carbonyl (C=O) groups excluding carboxylic acids is 2. The van der Waals surface area contributed by atoms with Crippen LogP contribution in [0, 0.1) is 11.8 Å². The number of methoxy groups -OCH3 is 1. The average molecular weight is 391 g/mol. The number of likely N-dealkylation sites (N-methyl/N-ethyl adjacent to an activating group) is 1. The molecule has 2 saturated heterocycles. The summed E-state index contributed by atoms with van der Waals surface area (Å²) in [6.45, 7) is 4.59. The van der Waals surface area contributed by atoms with E-state index in [1.165, 1.54) is 19.1 Å². The molecule has 1 spiro atoms. The average Bonchev–Trinajstić information content (AvgIpc) is 2.85. The maximum Gasteiger partial charge on any atom is 0.338 e. The number of hydrogen-bond donors (Lipinski definition) is 1. The molecular weight excluding hydrogens is 362 g/mol. The number of benzene rings is 1. The molecule has 0 saturated carbocycles. The monoisotopic (exact) mass is 391 g/mol. The first kappa shape index (κ1) is 20.8. The highest BCUT2D eigenvalue weighted by molar-refractivity contribution is 5.99. The molecule has 2 aliphatic heterocycles. The van der Waals surface area contributed by atoms with Crippen molar-refractivity contribution in [2.75, 3.05) is 27.4 Å².